The Morgan fingerprint density at radius 2 is 1.62 bits per heavy atom. The van der Waals surface area contributed by atoms with Crippen LogP contribution in [0, 0.1) is 34.2 Å². The number of imide groups is 1. The normalized spacial score (nSPS) is 18.1. The first-order valence-electron chi connectivity index (χ1n) is 18.1. The maximum atomic E-state index is 14.7. The van der Waals surface area contributed by atoms with Crippen LogP contribution < -0.4 is 20.3 Å². The minimum absolute atomic E-state index is 0.0170. The molecule has 2 aliphatic carbocycles. The molecule has 2 aromatic carbocycles. The number of nitro benzene ring substituents is 1. The number of carboxylic acids is 1. The molecule has 0 bridgehead atoms. The van der Waals surface area contributed by atoms with E-state index in [0.717, 1.165) is 48.3 Å². The number of nitro groups is 1. The van der Waals surface area contributed by atoms with Crippen LogP contribution in [0.25, 0.3) is 0 Å². The Labute approximate surface area is 342 Å². The molecule has 4 N–H and O–H groups in total. The second kappa shape index (κ2) is 19.0. The average molecular weight is 875 g/mol. The molecule has 0 aromatic heterocycles. The number of anilines is 2. The highest BCUT2D eigenvalue weighted by atomic mass is 32.2. The third-order valence-electron chi connectivity index (χ3n) is 9.64. The summed E-state index contributed by atoms with van der Waals surface area (Å²) in [4.78, 5) is 104. The second-order valence-corrected chi connectivity index (χ2v) is 18.7. The number of benzene rings is 2. The van der Waals surface area contributed by atoms with E-state index >= 15 is 0 Å². The molecule has 0 radical (unpaired) electrons. The van der Waals surface area contributed by atoms with Crippen molar-refractivity contribution in [3.05, 3.63) is 63.0 Å². The maximum absolute atomic E-state index is 14.7. The van der Waals surface area contributed by atoms with Gasteiger partial charge in [0.15, 0.2) is 47.0 Å². The van der Waals surface area contributed by atoms with E-state index in [4.69, 9.17) is 26.9 Å². The molecule has 60 heavy (non-hydrogen) atoms. The summed E-state index contributed by atoms with van der Waals surface area (Å²) in [6.07, 6.45) is 9.38. The number of sulfone groups is 1. The zero-order chi connectivity index (χ0) is 44.9. The highest BCUT2D eigenvalue weighted by molar-refractivity contribution is 7.90. The van der Waals surface area contributed by atoms with Crippen LogP contribution in [0.4, 0.5) is 21.5 Å². The average Bonchev–Trinajstić information content (AvgIpc) is 3.42. The van der Waals surface area contributed by atoms with Gasteiger partial charge in [-0.15, -0.1) is 6.42 Å². The zero-order valence-electron chi connectivity index (χ0n) is 32.3. The van der Waals surface area contributed by atoms with Crippen LogP contribution in [-0.2, 0) is 43.2 Å². The number of rotatable bonds is 10. The highest BCUT2D eigenvalue weighted by Crippen LogP contribution is 2.42. The molecule has 4 aliphatic rings. The van der Waals surface area contributed by atoms with Crippen LogP contribution in [0.3, 0.4) is 0 Å². The summed E-state index contributed by atoms with van der Waals surface area (Å²) in [5, 5.41) is 19.4. The van der Waals surface area contributed by atoms with Crippen LogP contribution in [0.2, 0.25) is 0 Å². The lowest BCUT2D eigenvalue weighted by molar-refractivity contribution is -0.385. The van der Waals surface area contributed by atoms with Crippen LogP contribution in [0.1, 0.15) is 61.7 Å². The van der Waals surface area contributed by atoms with E-state index in [1.165, 1.54) is 17.6 Å². The number of halogens is 1. The minimum atomic E-state index is -3.70. The summed E-state index contributed by atoms with van der Waals surface area (Å²) in [6.45, 7) is 0.920. The topological polar surface area (TPSA) is 296 Å². The van der Waals surface area contributed by atoms with Gasteiger partial charge in [0.05, 0.1) is 33.3 Å². The molecule has 22 heteroatoms. The number of hydrogen-bond acceptors (Lipinski definition) is 14. The molecule has 2 aliphatic heterocycles. The number of carboxylic acid groups (broad SMARTS) is 1. The van der Waals surface area contributed by atoms with E-state index < -0.39 is 86.3 Å². The minimum Gasteiger partial charge on any atom is -0.481 e. The zero-order valence-corrected chi connectivity index (χ0v) is 34.0. The van der Waals surface area contributed by atoms with Crippen molar-refractivity contribution < 1.29 is 70.6 Å². The molecule has 0 saturated heterocycles. The van der Waals surface area contributed by atoms with Crippen LogP contribution >= 0.6 is 7.37 Å². The molecule has 320 valence electrons. The molecular weight excluding hydrogens is 834 g/mol. The van der Waals surface area contributed by atoms with Gasteiger partial charge in [-0.25, -0.2) is 17.7 Å². The van der Waals surface area contributed by atoms with Crippen molar-refractivity contribution in [2.45, 2.75) is 62.3 Å². The van der Waals surface area contributed by atoms with Gasteiger partial charge in [0, 0.05) is 55.2 Å². The largest absolute Gasteiger partial charge is 0.481 e. The third-order valence-corrected chi connectivity index (χ3v) is 11.8. The van der Waals surface area contributed by atoms with Crippen molar-refractivity contribution in [3.8, 4) is 18.1 Å². The summed E-state index contributed by atoms with van der Waals surface area (Å²) in [5.74, 6) is -4.35. The van der Waals surface area contributed by atoms with E-state index in [1.54, 1.807) is 0 Å². The van der Waals surface area contributed by atoms with Gasteiger partial charge < -0.3 is 20.5 Å². The summed E-state index contributed by atoms with van der Waals surface area (Å²) in [6, 6.07) is 4.13. The molecule has 3 amide bonds. The van der Waals surface area contributed by atoms with Crippen LogP contribution in [0.5, 0.6) is 5.75 Å². The Morgan fingerprint density at radius 3 is 2.12 bits per heavy atom. The SMILES string of the molecule is C#CCN1C(=O)COc2cc(F)c(N3C(=O)C4=C(CCCC4)C3=O)cc21.CP(=O)(O)CCC(N)C(=O)O.CS(=O)(=O)c1ccc(C(=O)C2C(=O)CCCC2=O)c([N+](=O)[O-])c1. The smallest absolute Gasteiger partial charge is 0.320 e. The summed E-state index contributed by atoms with van der Waals surface area (Å²) in [7, 11) is -6.80. The fraction of sp³-hybridized carbons (Fsp3) is 0.395. The Kier molecular flexibility index (Phi) is 14.8. The number of nitrogens with zero attached hydrogens (tertiary/aromatic N) is 3. The van der Waals surface area contributed by atoms with E-state index in [-0.39, 0.29) is 66.5 Å². The van der Waals surface area contributed by atoms with Crippen LogP contribution in [-0.4, -0.2) is 103 Å². The first kappa shape index (κ1) is 46.7. The van der Waals surface area contributed by atoms with Crippen molar-refractivity contribution in [3.63, 3.8) is 0 Å². The summed E-state index contributed by atoms with van der Waals surface area (Å²) < 4.78 is 53.5. The van der Waals surface area contributed by atoms with Crippen LogP contribution in [0.15, 0.2) is 46.4 Å². The van der Waals surface area contributed by atoms with Gasteiger partial charge in [-0.3, -0.25) is 53.1 Å². The fourth-order valence-corrected chi connectivity index (χ4v) is 7.96. The standard InChI is InChI=1S/C19H15FN2O4.C14H13NO7S.C5H12NO4P/c1-2-7-21-15-9-14(13(20)8-16(15)26-10-17(21)23)22-18(24)11-5-3-4-6-12(11)19(22)25;1-23(21,22)8-5-6-9(10(7-8)15(19)20)14(18)13-11(16)3-2-4-12(13)17;1-11(9,10)3-2-4(6)5(7)8/h1,8-9H,3-7,10H2;5-7,13H,2-4H2,1H3;4H,2-3,6H2,1H3,(H,7,8)(H,9,10). The Hall–Kier alpha value is -5.94. The number of aliphatic carboxylic acids is 1. The van der Waals surface area contributed by atoms with Gasteiger partial charge in [0.25, 0.3) is 23.4 Å². The van der Waals surface area contributed by atoms with Gasteiger partial charge in [0.1, 0.15) is 17.7 Å². The quantitative estimate of drug-likeness (QED) is 0.0588. The second-order valence-electron chi connectivity index (χ2n) is 14.2. The molecule has 1 fully saturated rings. The molecule has 2 aromatic rings. The number of terminal acetylenes is 1. The number of hydrogen-bond donors (Lipinski definition) is 3. The summed E-state index contributed by atoms with van der Waals surface area (Å²) in [5.41, 5.74) is 4.92. The van der Waals surface area contributed by atoms with Crippen molar-refractivity contribution in [1.82, 2.24) is 0 Å². The van der Waals surface area contributed by atoms with Crippen molar-refractivity contribution in [2.75, 3.05) is 42.0 Å². The molecule has 2 atom stereocenters. The molecule has 2 heterocycles. The van der Waals surface area contributed by atoms with E-state index in [0.29, 0.717) is 30.4 Å². The first-order chi connectivity index (χ1) is 28.0. The van der Waals surface area contributed by atoms with Gasteiger partial charge in [-0.2, -0.15) is 0 Å². The lowest BCUT2D eigenvalue weighted by atomic mass is 9.81. The predicted octanol–water partition coefficient (Wildman–Crippen LogP) is 2.74. The van der Waals surface area contributed by atoms with Crippen molar-refractivity contribution in [1.29, 1.82) is 0 Å². The number of fused-ring (bicyclic) bond motifs is 1. The lowest BCUT2D eigenvalue weighted by Gasteiger charge is -2.29. The molecular formula is C38H40FN4O15PS. The molecule has 1 saturated carbocycles. The maximum Gasteiger partial charge on any atom is 0.320 e. The Morgan fingerprint density at radius 1 is 1.03 bits per heavy atom. The van der Waals surface area contributed by atoms with E-state index in [2.05, 4.69) is 5.92 Å². The highest BCUT2D eigenvalue weighted by Gasteiger charge is 2.42. The number of carbonyl (C=O) groups excluding carboxylic acids is 6. The number of carbonyl (C=O) groups is 7. The first-order valence-corrected chi connectivity index (χ1v) is 22.3. The molecule has 0 spiro atoms. The van der Waals surface area contributed by atoms with Crippen molar-refractivity contribution in [2.24, 2.45) is 11.7 Å². The van der Waals surface area contributed by atoms with Gasteiger partial charge in [-0.05, 0) is 56.7 Å². The van der Waals surface area contributed by atoms with Gasteiger partial charge >= 0.3 is 5.97 Å². The Bertz CT molecular complexity index is 2380. The number of Topliss-reactive ketones (excluding diaryl/α,β-unsaturated/α-hetero) is 3. The Balaban J connectivity index is 0.000000215. The number of ketones is 3. The molecule has 19 nitrogen and oxygen atoms in total. The number of nitrogens with two attached hydrogens (primary N) is 1. The lowest BCUT2D eigenvalue weighted by Crippen LogP contribution is -2.39. The van der Waals surface area contributed by atoms with E-state index in [1.807, 2.05) is 0 Å². The van der Waals surface area contributed by atoms with Gasteiger partial charge in [-0.1, -0.05) is 5.92 Å². The van der Waals surface area contributed by atoms with Gasteiger partial charge in [0.2, 0.25) is 0 Å². The monoisotopic (exact) mass is 874 g/mol. The fourth-order valence-electron chi connectivity index (χ4n) is 6.56. The molecule has 2 unspecified atom stereocenters. The van der Waals surface area contributed by atoms with Crippen molar-refractivity contribution >= 4 is 75.3 Å². The summed E-state index contributed by atoms with van der Waals surface area (Å²) >= 11 is 0. The third kappa shape index (κ3) is 10.8. The number of ether oxygens (including phenoxy) is 1. The molecule has 6 rings (SSSR count). The predicted molar refractivity (Wildman–Crippen MR) is 210 cm³/mol. The number of amides is 3. The van der Waals surface area contributed by atoms with E-state index in [9.17, 15) is 61.0 Å².